The van der Waals surface area contributed by atoms with Gasteiger partial charge in [-0.3, -0.25) is 0 Å². The average Bonchev–Trinajstić information content (AvgIpc) is 3.39. The van der Waals surface area contributed by atoms with Gasteiger partial charge in [0.2, 0.25) is 0 Å². The number of aryl methyl sites for hydroxylation is 2. The second kappa shape index (κ2) is 20.3. The lowest BCUT2D eigenvalue weighted by Gasteiger charge is -2.02. The molecule has 0 amide bonds. The first kappa shape index (κ1) is 31.5. The van der Waals surface area contributed by atoms with Gasteiger partial charge in [-0.2, -0.15) is 0 Å². The van der Waals surface area contributed by atoms with E-state index in [0.717, 1.165) is 10.7 Å². The van der Waals surface area contributed by atoms with Crippen molar-refractivity contribution in [3.8, 4) is 9.75 Å². The van der Waals surface area contributed by atoms with E-state index in [9.17, 15) is 0 Å². The summed E-state index contributed by atoms with van der Waals surface area (Å²) in [5.74, 6) is 0. The molecule has 0 N–H and O–H groups in total. The summed E-state index contributed by atoms with van der Waals surface area (Å²) in [6, 6.07) is 4.87. The van der Waals surface area contributed by atoms with E-state index in [-0.39, 0.29) is 0 Å². The highest BCUT2D eigenvalue weighted by molar-refractivity contribution is 9.11. The highest BCUT2D eigenvalue weighted by atomic mass is 79.9. The lowest BCUT2D eigenvalue weighted by molar-refractivity contribution is 0.577. The van der Waals surface area contributed by atoms with Gasteiger partial charge in [0.15, 0.2) is 0 Å². The second-order valence-electron chi connectivity index (χ2n) is 9.35. The Morgan fingerprint density at radius 1 is 0.441 bits per heavy atom. The van der Waals surface area contributed by atoms with Crippen LogP contribution in [0.2, 0.25) is 0 Å². The summed E-state index contributed by atoms with van der Waals surface area (Å²) in [7, 11) is 0. The molecule has 0 saturated carbocycles. The third-order valence-electron chi connectivity index (χ3n) is 6.42. The Kier molecular flexibility index (Phi) is 18.8. The van der Waals surface area contributed by atoms with E-state index in [1.165, 1.54) is 144 Å². The van der Waals surface area contributed by atoms with E-state index < -0.39 is 0 Å². The zero-order valence-electron chi connectivity index (χ0n) is 20.6. The maximum atomic E-state index is 3.85. The minimum absolute atomic E-state index is 1.16. The van der Waals surface area contributed by atoms with Crippen molar-refractivity contribution in [3.05, 3.63) is 30.8 Å². The number of thiophene rings is 2. The Bertz CT molecular complexity index is 704. The fraction of sp³-hybridized carbons (Fsp3) is 0.714. The van der Waals surface area contributed by atoms with Crippen LogP contribution in [0, 0.1) is 0 Å². The van der Waals surface area contributed by atoms with Crippen LogP contribution in [0.4, 0.5) is 0 Å². The van der Waals surface area contributed by atoms with Crippen molar-refractivity contribution in [1.29, 1.82) is 0 Å². The summed E-state index contributed by atoms with van der Waals surface area (Å²) < 4.78 is 2.67. The molecule has 0 aliphatic rings. The van der Waals surface area contributed by atoms with Gasteiger partial charge in [0, 0.05) is 20.4 Å². The van der Waals surface area contributed by atoms with Gasteiger partial charge in [-0.1, -0.05) is 109 Å². The highest BCUT2D eigenvalue weighted by Gasteiger charge is 2.13. The SMILES string of the molecule is BrCCCCCCCCCCc1cc(-c2cc(CCCCCCCCCCBr)c(Br)s2)sc1Br. The average molecular weight is 762 g/mol. The van der Waals surface area contributed by atoms with Crippen molar-refractivity contribution in [3.63, 3.8) is 0 Å². The lowest BCUT2D eigenvalue weighted by Crippen LogP contribution is -1.86. The van der Waals surface area contributed by atoms with Crippen LogP contribution in [-0.4, -0.2) is 10.7 Å². The van der Waals surface area contributed by atoms with Crippen molar-refractivity contribution in [1.82, 2.24) is 0 Å². The number of alkyl halides is 2. The van der Waals surface area contributed by atoms with E-state index >= 15 is 0 Å². The molecule has 0 fully saturated rings. The van der Waals surface area contributed by atoms with Crippen LogP contribution in [0.3, 0.4) is 0 Å². The molecule has 2 rings (SSSR count). The van der Waals surface area contributed by atoms with E-state index in [1.54, 1.807) is 0 Å². The second-order valence-corrected chi connectivity index (χ2v) is 15.7. The minimum atomic E-state index is 1.16. The standard InChI is InChI=1S/C28H42Br4S2/c29-19-15-11-7-3-1-5-9-13-17-23-21-25(33-27(23)31)26-22-24(28(32)34-26)18-14-10-6-2-4-8-12-16-20-30/h21-22H,1-20H2. The van der Waals surface area contributed by atoms with Gasteiger partial charge in [-0.25, -0.2) is 0 Å². The van der Waals surface area contributed by atoms with Crippen molar-refractivity contribution in [2.75, 3.05) is 10.7 Å². The molecule has 0 aliphatic carbocycles. The molecule has 2 heterocycles. The van der Waals surface area contributed by atoms with Gasteiger partial charge in [0.25, 0.3) is 0 Å². The Hall–Kier alpha value is 1.32. The number of halogens is 4. The van der Waals surface area contributed by atoms with Crippen LogP contribution >= 0.6 is 86.4 Å². The first-order valence-electron chi connectivity index (χ1n) is 13.3. The molecular weight excluding hydrogens is 720 g/mol. The van der Waals surface area contributed by atoms with Gasteiger partial charge >= 0.3 is 0 Å². The van der Waals surface area contributed by atoms with E-state index in [0.29, 0.717) is 0 Å². The summed E-state index contributed by atoms with van der Waals surface area (Å²) in [5.41, 5.74) is 3.00. The van der Waals surface area contributed by atoms with E-state index in [4.69, 9.17) is 0 Å². The quantitative estimate of drug-likeness (QED) is 0.0878. The summed E-state index contributed by atoms with van der Waals surface area (Å²) in [6.07, 6.45) is 24.4. The largest absolute Gasteiger partial charge is 0.127 e. The van der Waals surface area contributed by atoms with E-state index in [2.05, 4.69) is 75.9 Å². The van der Waals surface area contributed by atoms with Gasteiger partial charge in [0.05, 0.1) is 7.57 Å². The van der Waals surface area contributed by atoms with Gasteiger partial charge in [-0.15, -0.1) is 22.7 Å². The third-order valence-corrected chi connectivity index (χ3v) is 11.7. The van der Waals surface area contributed by atoms with Gasteiger partial charge in [0.1, 0.15) is 0 Å². The van der Waals surface area contributed by atoms with Crippen LogP contribution < -0.4 is 0 Å². The normalized spacial score (nSPS) is 11.5. The van der Waals surface area contributed by atoms with Crippen LogP contribution in [0.5, 0.6) is 0 Å². The molecule has 6 heteroatoms. The predicted octanol–water partition coefficient (Wildman–Crippen LogP) is 13.1. The summed E-state index contributed by atoms with van der Waals surface area (Å²) in [5, 5.41) is 2.32. The number of unbranched alkanes of at least 4 members (excludes halogenated alkanes) is 14. The summed E-state index contributed by atoms with van der Waals surface area (Å²) in [4.78, 5) is 2.85. The van der Waals surface area contributed by atoms with Gasteiger partial charge < -0.3 is 0 Å². The fourth-order valence-corrected chi connectivity index (χ4v) is 8.74. The molecule has 0 nitrogen and oxygen atoms in total. The van der Waals surface area contributed by atoms with Crippen molar-refractivity contribution in [2.24, 2.45) is 0 Å². The first-order chi connectivity index (χ1) is 16.7. The molecule has 0 aromatic carbocycles. The molecule has 34 heavy (non-hydrogen) atoms. The molecule has 0 unspecified atom stereocenters. The van der Waals surface area contributed by atoms with Crippen molar-refractivity contribution < 1.29 is 0 Å². The Morgan fingerprint density at radius 3 is 1.06 bits per heavy atom. The molecular formula is C28H42Br4S2. The van der Waals surface area contributed by atoms with Crippen molar-refractivity contribution in [2.45, 2.75) is 116 Å². The van der Waals surface area contributed by atoms with Gasteiger partial charge in [-0.05, 0) is 93.6 Å². The highest BCUT2D eigenvalue weighted by Crippen LogP contribution is 2.42. The van der Waals surface area contributed by atoms with Crippen LogP contribution in [0.15, 0.2) is 19.7 Å². The minimum Gasteiger partial charge on any atom is -0.127 e. The third kappa shape index (κ3) is 13.2. The molecule has 0 spiro atoms. The topological polar surface area (TPSA) is 0 Å². The van der Waals surface area contributed by atoms with Crippen LogP contribution in [0.25, 0.3) is 9.75 Å². The molecule has 2 aromatic heterocycles. The summed E-state index contributed by atoms with van der Waals surface area (Å²) in [6.45, 7) is 0. The van der Waals surface area contributed by atoms with Crippen LogP contribution in [0.1, 0.15) is 114 Å². The Labute approximate surface area is 251 Å². The number of rotatable bonds is 21. The molecule has 0 saturated heterocycles. The zero-order chi connectivity index (χ0) is 24.4. The Morgan fingerprint density at radius 2 is 0.735 bits per heavy atom. The molecule has 194 valence electrons. The maximum Gasteiger partial charge on any atom is 0.0737 e. The molecule has 0 atom stereocenters. The fourth-order valence-electron chi connectivity index (χ4n) is 4.34. The monoisotopic (exact) mass is 758 g/mol. The zero-order valence-corrected chi connectivity index (χ0v) is 28.6. The smallest absolute Gasteiger partial charge is 0.0737 e. The van der Waals surface area contributed by atoms with Crippen molar-refractivity contribution >= 4 is 86.4 Å². The maximum absolute atomic E-state index is 3.85. The molecule has 0 aliphatic heterocycles. The predicted molar refractivity (Wildman–Crippen MR) is 172 cm³/mol. The van der Waals surface area contributed by atoms with E-state index in [1.807, 2.05) is 22.7 Å². The van der Waals surface area contributed by atoms with Crippen LogP contribution in [-0.2, 0) is 12.8 Å². The molecule has 0 bridgehead atoms. The molecule has 2 aromatic rings. The first-order valence-corrected chi connectivity index (χ1v) is 18.8. The Balaban J connectivity index is 1.66. The number of hydrogen-bond acceptors (Lipinski definition) is 2. The lowest BCUT2D eigenvalue weighted by atomic mass is 10.0. The molecule has 0 radical (unpaired) electrons. The summed E-state index contributed by atoms with van der Waals surface area (Å²) >= 11 is 18.6. The number of hydrogen-bond donors (Lipinski definition) is 0.